The Morgan fingerprint density at radius 3 is 3.00 bits per heavy atom. The van der Waals surface area contributed by atoms with Crippen molar-refractivity contribution in [3.05, 3.63) is 59.5 Å². The second-order valence-corrected chi connectivity index (χ2v) is 5.72. The summed E-state index contributed by atoms with van der Waals surface area (Å²) in [4.78, 5) is 16.1. The van der Waals surface area contributed by atoms with Crippen LogP contribution in [0.4, 0.5) is 0 Å². The van der Waals surface area contributed by atoms with Crippen LogP contribution in [0.3, 0.4) is 0 Å². The zero-order valence-electron chi connectivity index (χ0n) is 12.0. The van der Waals surface area contributed by atoms with Crippen LogP contribution in [0.1, 0.15) is 21.6 Å². The third-order valence-electron chi connectivity index (χ3n) is 3.39. The van der Waals surface area contributed by atoms with E-state index in [0.29, 0.717) is 25.1 Å². The van der Waals surface area contributed by atoms with Crippen molar-refractivity contribution in [2.24, 2.45) is 5.73 Å². The van der Waals surface area contributed by atoms with Crippen LogP contribution in [0.15, 0.2) is 42.7 Å². The van der Waals surface area contributed by atoms with Crippen LogP contribution < -0.4 is 11.1 Å². The predicted octanol–water partition coefficient (Wildman–Crippen LogP) is 2.12. The molecule has 3 aromatic rings. The summed E-state index contributed by atoms with van der Waals surface area (Å²) < 4.78 is 5.62. The molecule has 0 spiro atoms. The summed E-state index contributed by atoms with van der Waals surface area (Å²) >= 11 is 1.49. The van der Waals surface area contributed by atoms with E-state index < -0.39 is 0 Å². The van der Waals surface area contributed by atoms with Crippen molar-refractivity contribution in [2.45, 2.75) is 13.0 Å². The number of nitrogens with one attached hydrogen (secondary N) is 1. The minimum absolute atomic E-state index is 0.137. The van der Waals surface area contributed by atoms with Crippen molar-refractivity contribution in [3.63, 3.8) is 0 Å². The van der Waals surface area contributed by atoms with E-state index in [0.717, 1.165) is 16.6 Å². The van der Waals surface area contributed by atoms with Gasteiger partial charge in [-0.3, -0.25) is 9.78 Å². The Hall–Kier alpha value is -2.31. The second kappa shape index (κ2) is 6.64. The lowest BCUT2D eigenvalue weighted by molar-refractivity contribution is 0.0953. The van der Waals surface area contributed by atoms with E-state index in [1.165, 1.54) is 16.2 Å². The summed E-state index contributed by atoms with van der Waals surface area (Å²) in [6.07, 6.45) is 3.92. The number of nitrogens with two attached hydrogens (primary N) is 1. The number of nitrogens with zero attached hydrogens (tertiary/aromatic N) is 2. The van der Waals surface area contributed by atoms with Crippen molar-refractivity contribution in [1.29, 1.82) is 0 Å². The molecule has 6 heteroatoms. The van der Waals surface area contributed by atoms with E-state index in [2.05, 4.69) is 26.8 Å². The molecule has 3 rings (SSSR count). The molecule has 0 atom stereocenters. The van der Waals surface area contributed by atoms with Gasteiger partial charge in [-0.05, 0) is 29.2 Å². The number of hydrogen-bond acceptors (Lipinski definition) is 5. The molecule has 1 amide bonds. The van der Waals surface area contributed by atoms with E-state index in [9.17, 15) is 4.79 Å². The smallest absolute Gasteiger partial charge is 0.252 e. The summed E-state index contributed by atoms with van der Waals surface area (Å²) in [6.45, 7) is 0.915. The first-order valence-electron chi connectivity index (χ1n) is 7.03. The lowest BCUT2D eigenvalue weighted by Gasteiger charge is -2.05. The summed E-state index contributed by atoms with van der Waals surface area (Å²) in [5.74, 6) is -0.137. The van der Waals surface area contributed by atoms with Crippen molar-refractivity contribution >= 4 is 27.5 Å². The molecule has 2 aromatic heterocycles. The monoisotopic (exact) mass is 312 g/mol. The minimum atomic E-state index is -0.137. The molecule has 0 saturated carbocycles. The molecular formula is C16H16N4OS. The summed E-state index contributed by atoms with van der Waals surface area (Å²) in [7, 11) is 0. The number of amides is 1. The van der Waals surface area contributed by atoms with Crippen LogP contribution in [-0.4, -0.2) is 21.8 Å². The average Bonchev–Trinajstić information content (AvgIpc) is 2.98. The fourth-order valence-corrected chi connectivity index (χ4v) is 3.06. The van der Waals surface area contributed by atoms with Crippen LogP contribution >= 0.6 is 11.5 Å². The first kappa shape index (κ1) is 14.6. The summed E-state index contributed by atoms with van der Waals surface area (Å²) in [6, 6.07) is 9.89. The van der Waals surface area contributed by atoms with Gasteiger partial charge < -0.3 is 11.1 Å². The molecule has 0 aliphatic carbocycles. The Labute approximate surface area is 132 Å². The number of rotatable bonds is 5. The molecule has 0 aliphatic rings. The van der Waals surface area contributed by atoms with Gasteiger partial charge in [-0.1, -0.05) is 18.2 Å². The van der Waals surface area contributed by atoms with E-state index >= 15 is 0 Å². The topological polar surface area (TPSA) is 80.9 Å². The van der Waals surface area contributed by atoms with Gasteiger partial charge in [0, 0.05) is 37.3 Å². The molecule has 3 N–H and O–H groups in total. The molecule has 0 aliphatic heterocycles. The van der Waals surface area contributed by atoms with Crippen molar-refractivity contribution in [2.75, 3.05) is 6.54 Å². The molecule has 0 saturated heterocycles. The highest BCUT2D eigenvalue weighted by Crippen LogP contribution is 2.22. The fourth-order valence-electron chi connectivity index (χ4n) is 2.24. The molecule has 1 aromatic carbocycles. The zero-order chi connectivity index (χ0) is 15.4. The predicted molar refractivity (Wildman–Crippen MR) is 87.8 cm³/mol. The van der Waals surface area contributed by atoms with Crippen LogP contribution in [0.2, 0.25) is 0 Å². The number of hydrogen-bond donors (Lipinski definition) is 2. The first-order chi connectivity index (χ1) is 10.8. The molecule has 0 radical (unpaired) electrons. The molecular weight excluding hydrogens is 296 g/mol. The van der Waals surface area contributed by atoms with Crippen molar-refractivity contribution < 1.29 is 4.79 Å². The quantitative estimate of drug-likeness (QED) is 0.756. The number of pyridine rings is 1. The number of fused-ring (bicyclic) bond motifs is 1. The van der Waals surface area contributed by atoms with E-state index in [1.54, 1.807) is 18.5 Å². The normalized spacial score (nSPS) is 10.8. The van der Waals surface area contributed by atoms with Crippen molar-refractivity contribution in [1.82, 2.24) is 14.7 Å². The maximum absolute atomic E-state index is 12.1. The molecule has 2 heterocycles. The third kappa shape index (κ3) is 3.13. The minimum Gasteiger partial charge on any atom is -0.352 e. The SMILES string of the molecule is NCc1cncc(C(=O)NCCc2nsc3ccccc23)c1. The van der Waals surface area contributed by atoms with E-state index in [-0.39, 0.29) is 5.91 Å². The number of carbonyl (C=O) groups is 1. The lowest BCUT2D eigenvalue weighted by Crippen LogP contribution is -2.26. The molecule has 22 heavy (non-hydrogen) atoms. The Balaban J connectivity index is 1.61. The number of benzene rings is 1. The molecule has 5 nitrogen and oxygen atoms in total. The molecule has 112 valence electrons. The average molecular weight is 312 g/mol. The van der Waals surface area contributed by atoms with Gasteiger partial charge in [0.1, 0.15) is 0 Å². The van der Waals surface area contributed by atoms with Gasteiger partial charge >= 0.3 is 0 Å². The Kier molecular flexibility index (Phi) is 4.41. The van der Waals surface area contributed by atoms with Crippen LogP contribution in [0.25, 0.3) is 10.1 Å². The number of aromatic nitrogens is 2. The maximum atomic E-state index is 12.1. The summed E-state index contributed by atoms with van der Waals surface area (Å²) in [5, 5.41) is 4.06. The van der Waals surface area contributed by atoms with Gasteiger partial charge in [0.15, 0.2) is 0 Å². The van der Waals surface area contributed by atoms with Gasteiger partial charge in [0.25, 0.3) is 5.91 Å². The number of carbonyl (C=O) groups excluding carboxylic acids is 1. The maximum Gasteiger partial charge on any atom is 0.252 e. The fraction of sp³-hybridized carbons (Fsp3) is 0.188. The van der Waals surface area contributed by atoms with E-state index in [1.807, 2.05) is 12.1 Å². The molecule has 0 bridgehead atoms. The summed E-state index contributed by atoms with van der Waals surface area (Å²) in [5.41, 5.74) is 7.96. The largest absolute Gasteiger partial charge is 0.352 e. The third-order valence-corrected chi connectivity index (χ3v) is 4.26. The van der Waals surface area contributed by atoms with Gasteiger partial charge in [-0.25, -0.2) is 0 Å². The Bertz CT molecular complexity index is 799. The second-order valence-electron chi connectivity index (χ2n) is 4.92. The Morgan fingerprint density at radius 1 is 1.27 bits per heavy atom. The highest BCUT2D eigenvalue weighted by molar-refractivity contribution is 7.13. The van der Waals surface area contributed by atoms with Gasteiger partial charge in [0.2, 0.25) is 0 Å². The lowest BCUT2D eigenvalue weighted by atomic mass is 10.1. The van der Waals surface area contributed by atoms with Gasteiger partial charge in [0.05, 0.1) is 16.0 Å². The zero-order valence-corrected chi connectivity index (χ0v) is 12.8. The van der Waals surface area contributed by atoms with Crippen LogP contribution in [-0.2, 0) is 13.0 Å². The van der Waals surface area contributed by atoms with Gasteiger partial charge in [-0.2, -0.15) is 4.37 Å². The highest BCUT2D eigenvalue weighted by Gasteiger charge is 2.08. The van der Waals surface area contributed by atoms with E-state index in [4.69, 9.17) is 5.73 Å². The van der Waals surface area contributed by atoms with Crippen LogP contribution in [0.5, 0.6) is 0 Å². The van der Waals surface area contributed by atoms with Gasteiger partial charge in [-0.15, -0.1) is 0 Å². The molecule has 0 unspecified atom stereocenters. The molecule has 0 fully saturated rings. The van der Waals surface area contributed by atoms with Crippen molar-refractivity contribution in [3.8, 4) is 0 Å². The first-order valence-corrected chi connectivity index (χ1v) is 7.81. The highest BCUT2D eigenvalue weighted by atomic mass is 32.1. The van der Waals surface area contributed by atoms with Crippen LogP contribution in [0, 0.1) is 0 Å². The Morgan fingerprint density at radius 2 is 2.14 bits per heavy atom. The standard InChI is InChI=1S/C16H16N4OS/c17-8-11-7-12(10-18-9-11)16(21)19-6-5-14-13-3-1-2-4-15(13)22-20-14/h1-4,7,9-10H,5-6,8,17H2,(H,19,21).